The maximum Gasteiger partial charge on any atom is 0.190 e. The van der Waals surface area contributed by atoms with Crippen LogP contribution in [0.25, 0.3) is 0 Å². The van der Waals surface area contributed by atoms with Crippen LogP contribution < -0.4 is 10.6 Å². The smallest absolute Gasteiger partial charge is 0.190 e. The van der Waals surface area contributed by atoms with E-state index in [-0.39, 0.29) is 5.84 Å². The Hall–Kier alpha value is -1.89. The van der Waals surface area contributed by atoms with Gasteiger partial charge in [0, 0.05) is 25.2 Å². The first-order valence-electron chi connectivity index (χ1n) is 6.99. The van der Waals surface area contributed by atoms with Crippen LogP contribution in [0.15, 0.2) is 17.5 Å². The van der Waals surface area contributed by atoms with Gasteiger partial charge in [0.1, 0.15) is 11.5 Å². The summed E-state index contributed by atoms with van der Waals surface area (Å²) < 4.78 is 0. The van der Waals surface area contributed by atoms with E-state index in [0.29, 0.717) is 17.8 Å². The summed E-state index contributed by atoms with van der Waals surface area (Å²) in [6.07, 6.45) is 5.81. The minimum Gasteiger partial charge on any atom is -0.409 e. The fraction of sp³-hybridized carbons (Fsp3) is 0.615. The van der Waals surface area contributed by atoms with Gasteiger partial charge in [0.15, 0.2) is 5.84 Å². The number of hydrogen-bond donors (Lipinski definition) is 2. The van der Waals surface area contributed by atoms with Crippen LogP contribution in [0.1, 0.15) is 25.5 Å². The summed E-state index contributed by atoms with van der Waals surface area (Å²) >= 11 is 0. The van der Waals surface area contributed by atoms with E-state index in [1.54, 1.807) is 12.4 Å². The molecular formula is C13H20N6O. The number of oxime groups is 1. The van der Waals surface area contributed by atoms with Crippen molar-refractivity contribution >= 4 is 11.7 Å². The molecule has 2 aliphatic heterocycles. The van der Waals surface area contributed by atoms with E-state index in [4.69, 9.17) is 10.9 Å². The van der Waals surface area contributed by atoms with Gasteiger partial charge in [0.25, 0.3) is 0 Å². The van der Waals surface area contributed by atoms with E-state index in [9.17, 15) is 0 Å². The van der Waals surface area contributed by atoms with Crippen LogP contribution in [-0.4, -0.2) is 57.6 Å². The molecule has 108 valence electrons. The van der Waals surface area contributed by atoms with Crippen molar-refractivity contribution in [3.8, 4) is 0 Å². The third kappa shape index (κ3) is 2.29. The summed E-state index contributed by atoms with van der Waals surface area (Å²) in [4.78, 5) is 13.5. The molecule has 2 unspecified atom stereocenters. The second-order valence-electron chi connectivity index (χ2n) is 5.54. The fourth-order valence-corrected chi connectivity index (χ4v) is 3.16. The van der Waals surface area contributed by atoms with Gasteiger partial charge >= 0.3 is 0 Å². The van der Waals surface area contributed by atoms with Gasteiger partial charge in [0.2, 0.25) is 0 Å². The predicted octanol–water partition coefficient (Wildman–Crippen LogP) is 0.244. The lowest BCUT2D eigenvalue weighted by molar-refractivity contribution is 0.202. The standard InChI is InChI=1S/C13H20N6O/c1-9-7-18-4-2-3-10(18)8-19(9)12-6-15-11(5-16-12)13(14)17-20/h5-6,9-10,20H,2-4,7-8H2,1H3,(H2,14,17). The molecule has 7 nitrogen and oxygen atoms in total. The average Bonchev–Trinajstić information content (AvgIpc) is 2.93. The molecule has 0 radical (unpaired) electrons. The zero-order valence-electron chi connectivity index (χ0n) is 11.6. The quantitative estimate of drug-likeness (QED) is 0.348. The number of rotatable bonds is 2. The van der Waals surface area contributed by atoms with Crippen LogP contribution >= 0.6 is 0 Å². The van der Waals surface area contributed by atoms with Crippen LogP contribution in [-0.2, 0) is 0 Å². The molecule has 0 bridgehead atoms. The molecule has 0 aliphatic carbocycles. The molecular weight excluding hydrogens is 256 g/mol. The molecule has 1 aromatic rings. The molecule has 7 heteroatoms. The lowest BCUT2D eigenvalue weighted by Gasteiger charge is -2.42. The van der Waals surface area contributed by atoms with E-state index in [2.05, 4.69) is 31.8 Å². The van der Waals surface area contributed by atoms with Crippen LogP contribution in [0.2, 0.25) is 0 Å². The summed E-state index contributed by atoms with van der Waals surface area (Å²) in [7, 11) is 0. The Bertz CT molecular complexity index is 502. The van der Waals surface area contributed by atoms with Gasteiger partial charge < -0.3 is 15.8 Å². The number of hydrogen-bond acceptors (Lipinski definition) is 6. The molecule has 0 spiro atoms. The van der Waals surface area contributed by atoms with Gasteiger partial charge in [-0.3, -0.25) is 4.90 Å². The lowest BCUT2D eigenvalue weighted by Crippen LogP contribution is -2.55. The molecule has 2 fully saturated rings. The zero-order valence-corrected chi connectivity index (χ0v) is 11.6. The Morgan fingerprint density at radius 3 is 2.95 bits per heavy atom. The molecule has 2 saturated heterocycles. The van der Waals surface area contributed by atoms with Crippen molar-refractivity contribution in [2.24, 2.45) is 10.9 Å². The Morgan fingerprint density at radius 2 is 2.25 bits per heavy atom. The van der Waals surface area contributed by atoms with E-state index >= 15 is 0 Å². The zero-order chi connectivity index (χ0) is 14.1. The first kappa shape index (κ1) is 13.1. The highest BCUT2D eigenvalue weighted by molar-refractivity contribution is 5.94. The molecule has 0 saturated carbocycles. The molecule has 0 aromatic carbocycles. The first-order chi connectivity index (χ1) is 9.69. The summed E-state index contributed by atoms with van der Waals surface area (Å²) in [5.41, 5.74) is 5.89. The van der Waals surface area contributed by atoms with Crippen molar-refractivity contribution in [2.45, 2.75) is 31.8 Å². The first-order valence-corrected chi connectivity index (χ1v) is 6.99. The van der Waals surface area contributed by atoms with Crippen molar-refractivity contribution in [2.75, 3.05) is 24.5 Å². The number of aromatic nitrogens is 2. The van der Waals surface area contributed by atoms with Crippen molar-refractivity contribution in [1.29, 1.82) is 0 Å². The van der Waals surface area contributed by atoms with Gasteiger partial charge in [-0.15, -0.1) is 0 Å². The minimum absolute atomic E-state index is 0.0160. The number of fused-ring (bicyclic) bond motifs is 1. The van der Waals surface area contributed by atoms with Crippen LogP contribution in [0.3, 0.4) is 0 Å². The SMILES string of the molecule is CC1CN2CCCC2CN1c1cnc(C(N)=NO)cn1. The third-order valence-electron chi connectivity index (χ3n) is 4.24. The van der Waals surface area contributed by atoms with Gasteiger partial charge in [0.05, 0.1) is 12.4 Å². The topological polar surface area (TPSA) is 90.9 Å². The molecule has 0 amide bonds. The Morgan fingerprint density at radius 1 is 1.40 bits per heavy atom. The van der Waals surface area contributed by atoms with Crippen molar-refractivity contribution in [3.05, 3.63) is 18.1 Å². The number of anilines is 1. The average molecular weight is 276 g/mol. The highest BCUT2D eigenvalue weighted by Crippen LogP contribution is 2.27. The summed E-state index contributed by atoms with van der Waals surface area (Å²) in [5.74, 6) is 0.844. The fourth-order valence-electron chi connectivity index (χ4n) is 3.16. The Balaban J connectivity index is 1.78. The van der Waals surface area contributed by atoms with Crippen molar-refractivity contribution in [1.82, 2.24) is 14.9 Å². The normalized spacial score (nSPS) is 27.6. The minimum atomic E-state index is -0.0160. The molecule has 3 heterocycles. The second-order valence-corrected chi connectivity index (χ2v) is 5.54. The highest BCUT2D eigenvalue weighted by atomic mass is 16.4. The summed E-state index contributed by atoms with van der Waals surface area (Å²) in [5, 5.41) is 11.6. The maximum absolute atomic E-state index is 8.63. The third-order valence-corrected chi connectivity index (χ3v) is 4.24. The number of nitrogens with two attached hydrogens (primary N) is 1. The van der Waals surface area contributed by atoms with Gasteiger partial charge in [-0.2, -0.15) is 0 Å². The highest BCUT2D eigenvalue weighted by Gasteiger charge is 2.34. The number of nitrogens with zero attached hydrogens (tertiary/aromatic N) is 5. The Kier molecular flexibility index (Phi) is 3.43. The van der Waals surface area contributed by atoms with Crippen LogP contribution in [0.4, 0.5) is 5.82 Å². The van der Waals surface area contributed by atoms with E-state index in [0.717, 1.165) is 18.9 Å². The molecule has 2 atom stereocenters. The van der Waals surface area contributed by atoms with Crippen LogP contribution in [0, 0.1) is 0 Å². The molecule has 2 aliphatic rings. The molecule has 1 aromatic heterocycles. The molecule has 3 rings (SSSR count). The Labute approximate surface area is 118 Å². The van der Waals surface area contributed by atoms with Gasteiger partial charge in [-0.05, 0) is 26.3 Å². The summed E-state index contributed by atoms with van der Waals surface area (Å²) in [6, 6.07) is 1.06. The monoisotopic (exact) mass is 276 g/mol. The molecule has 20 heavy (non-hydrogen) atoms. The van der Waals surface area contributed by atoms with E-state index in [1.807, 2.05) is 0 Å². The predicted molar refractivity (Wildman–Crippen MR) is 75.9 cm³/mol. The maximum atomic E-state index is 8.63. The van der Waals surface area contributed by atoms with Crippen molar-refractivity contribution < 1.29 is 5.21 Å². The van der Waals surface area contributed by atoms with Gasteiger partial charge in [-0.1, -0.05) is 5.16 Å². The van der Waals surface area contributed by atoms with E-state index < -0.39 is 0 Å². The van der Waals surface area contributed by atoms with E-state index in [1.165, 1.54) is 19.4 Å². The largest absolute Gasteiger partial charge is 0.409 e. The number of piperazine rings is 1. The van der Waals surface area contributed by atoms with Crippen LogP contribution in [0.5, 0.6) is 0 Å². The molecule has 3 N–H and O–H groups in total. The second kappa shape index (κ2) is 5.24. The van der Waals surface area contributed by atoms with Crippen molar-refractivity contribution in [3.63, 3.8) is 0 Å². The summed E-state index contributed by atoms with van der Waals surface area (Å²) in [6.45, 7) is 5.51. The lowest BCUT2D eigenvalue weighted by atomic mass is 10.1. The number of amidine groups is 1. The van der Waals surface area contributed by atoms with Gasteiger partial charge in [-0.25, -0.2) is 9.97 Å².